The molecule has 1 amide bonds. The number of phenols is 1. The lowest BCUT2D eigenvalue weighted by Gasteiger charge is -2.21. The lowest BCUT2D eigenvalue weighted by Crippen LogP contribution is -2.24. The van der Waals surface area contributed by atoms with E-state index in [9.17, 15) is 9.90 Å². The van der Waals surface area contributed by atoms with Crippen molar-refractivity contribution in [2.45, 2.75) is 26.0 Å². The van der Waals surface area contributed by atoms with Crippen LogP contribution in [-0.4, -0.2) is 28.8 Å². The van der Waals surface area contributed by atoms with Gasteiger partial charge >= 0.3 is 0 Å². The van der Waals surface area contributed by atoms with Crippen molar-refractivity contribution in [3.63, 3.8) is 0 Å². The van der Waals surface area contributed by atoms with E-state index in [1.165, 1.54) is 11.9 Å². The summed E-state index contributed by atoms with van der Waals surface area (Å²) in [6.45, 7) is 1.94. The van der Waals surface area contributed by atoms with Crippen molar-refractivity contribution < 1.29 is 19.4 Å². The maximum Gasteiger partial charge on any atom is 0.240 e. The fourth-order valence-corrected chi connectivity index (χ4v) is 3.63. The van der Waals surface area contributed by atoms with Gasteiger partial charge in [0.05, 0.1) is 18.9 Å². The monoisotopic (exact) mass is 416 g/mol. The Morgan fingerprint density at radius 1 is 1.06 bits per heavy atom. The van der Waals surface area contributed by atoms with Crippen molar-refractivity contribution >= 4 is 11.6 Å². The molecule has 158 valence electrons. The summed E-state index contributed by atoms with van der Waals surface area (Å²) in [4.78, 5) is 12.3. The van der Waals surface area contributed by atoms with Crippen LogP contribution in [0.4, 0.5) is 0 Å². The van der Waals surface area contributed by atoms with E-state index in [-0.39, 0.29) is 17.7 Å². The van der Waals surface area contributed by atoms with Crippen molar-refractivity contribution in [1.29, 1.82) is 0 Å². The number of methoxy groups -OCH3 is 1. The molecule has 0 spiro atoms. The summed E-state index contributed by atoms with van der Waals surface area (Å²) < 4.78 is 11.5. The van der Waals surface area contributed by atoms with Gasteiger partial charge in [-0.2, -0.15) is 5.10 Å². The van der Waals surface area contributed by atoms with Gasteiger partial charge in [-0.3, -0.25) is 4.79 Å². The summed E-state index contributed by atoms with van der Waals surface area (Å²) in [5, 5.41) is 15.6. The van der Waals surface area contributed by atoms with Gasteiger partial charge in [-0.25, -0.2) is 5.01 Å². The van der Waals surface area contributed by atoms with Crippen LogP contribution in [0.2, 0.25) is 0 Å². The highest BCUT2D eigenvalue weighted by atomic mass is 16.5. The molecule has 0 fully saturated rings. The number of phenolic OH excluding ortho intramolecular Hbond substituents is 1. The average molecular weight is 416 g/mol. The van der Waals surface area contributed by atoms with Crippen molar-refractivity contribution in [3.8, 4) is 17.2 Å². The zero-order chi connectivity index (χ0) is 21.8. The third-order valence-electron chi connectivity index (χ3n) is 5.24. The number of carbonyl (C=O) groups is 1. The number of aromatic hydroxyl groups is 1. The predicted molar refractivity (Wildman–Crippen MR) is 118 cm³/mol. The molecular formula is C25H24N2O4. The Morgan fingerprint density at radius 2 is 1.81 bits per heavy atom. The van der Waals surface area contributed by atoms with E-state index in [4.69, 9.17) is 9.47 Å². The van der Waals surface area contributed by atoms with Crippen molar-refractivity contribution in [1.82, 2.24) is 5.01 Å². The van der Waals surface area contributed by atoms with Crippen LogP contribution >= 0.6 is 0 Å². The normalized spacial score (nSPS) is 15.5. The van der Waals surface area contributed by atoms with Crippen LogP contribution in [0.25, 0.3) is 0 Å². The first-order valence-electron chi connectivity index (χ1n) is 10.1. The summed E-state index contributed by atoms with van der Waals surface area (Å²) in [5.74, 6) is 1.30. The number of rotatable bonds is 6. The molecule has 0 aromatic heterocycles. The lowest BCUT2D eigenvalue weighted by molar-refractivity contribution is -0.130. The molecule has 1 aliphatic rings. The van der Waals surface area contributed by atoms with E-state index in [1.807, 2.05) is 48.5 Å². The van der Waals surface area contributed by atoms with Crippen molar-refractivity contribution in [2.24, 2.45) is 5.10 Å². The number of ether oxygens (including phenoxy) is 2. The van der Waals surface area contributed by atoms with Gasteiger partial charge in [-0.15, -0.1) is 0 Å². The number of carbonyl (C=O) groups excluding carboxylic acids is 1. The molecule has 0 aliphatic carbocycles. The van der Waals surface area contributed by atoms with Gasteiger partial charge in [0.2, 0.25) is 5.91 Å². The lowest BCUT2D eigenvalue weighted by atomic mass is 9.98. The molecule has 1 aliphatic heterocycles. The van der Waals surface area contributed by atoms with Crippen LogP contribution in [0.1, 0.15) is 36.1 Å². The first kappa shape index (κ1) is 20.5. The molecule has 1 atom stereocenters. The second kappa shape index (κ2) is 8.92. The predicted octanol–water partition coefficient (Wildman–Crippen LogP) is 4.68. The van der Waals surface area contributed by atoms with Gasteiger partial charge < -0.3 is 14.6 Å². The molecule has 3 aromatic carbocycles. The fourth-order valence-electron chi connectivity index (χ4n) is 3.63. The van der Waals surface area contributed by atoms with Gasteiger partial charge in [0.25, 0.3) is 0 Å². The molecular weight excluding hydrogens is 392 g/mol. The molecule has 1 N–H and O–H groups in total. The molecule has 0 bridgehead atoms. The van der Waals surface area contributed by atoms with Gasteiger partial charge in [-0.05, 0) is 53.1 Å². The Kier molecular flexibility index (Phi) is 5.89. The summed E-state index contributed by atoms with van der Waals surface area (Å²) in [6, 6.07) is 22.2. The third-order valence-corrected chi connectivity index (χ3v) is 5.24. The molecule has 0 saturated carbocycles. The molecule has 31 heavy (non-hydrogen) atoms. The number of hydrogen-bond donors (Lipinski definition) is 1. The second-order valence-corrected chi connectivity index (χ2v) is 7.36. The van der Waals surface area contributed by atoms with E-state index in [2.05, 4.69) is 5.10 Å². The Balaban J connectivity index is 1.56. The number of benzene rings is 3. The molecule has 3 aromatic rings. The number of amides is 1. The van der Waals surface area contributed by atoms with Crippen molar-refractivity contribution in [2.75, 3.05) is 7.11 Å². The van der Waals surface area contributed by atoms with Crippen LogP contribution in [-0.2, 0) is 11.4 Å². The zero-order valence-electron chi connectivity index (χ0n) is 17.5. The van der Waals surface area contributed by atoms with Gasteiger partial charge in [0.15, 0.2) is 11.5 Å². The average Bonchev–Trinajstić information content (AvgIpc) is 3.24. The van der Waals surface area contributed by atoms with Crippen molar-refractivity contribution in [3.05, 3.63) is 89.5 Å². The summed E-state index contributed by atoms with van der Waals surface area (Å²) in [7, 11) is 1.60. The van der Waals surface area contributed by atoms with E-state index in [1.54, 1.807) is 31.4 Å². The maximum atomic E-state index is 12.3. The standard InChI is InChI=1S/C25H24N2O4/c1-17(28)27-23(15-22(26-27)19-8-11-21(29)12-9-19)20-10-13-24(25(14-20)30-2)31-16-18-6-4-3-5-7-18/h3-14,23,29H,15-16H2,1-2H3. The number of hydrazone groups is 1. The SMILES string of the molecule is COc1cc(C2CC(c3ccc(O)cc3)=NN2C(C)=O)ccc1OCc1ccccc1. The van der Waals surface area contributed by atoms with Gasteiger partial charge in [-0.1, -0.05) is 36.4 Å². The van der Waals surface area contributed by atoms with Crippen LogP contribution < -0.4 is 9.47 Å². The highest BCUT2D eigenvalue weighted by molar-refractivity contribution is 6.03. The summed E-state index contributed by atoms with van der Waals surface area (Å²) in [6.07, 6.45) is 0.567. The second-order valence-electron chi connectivity index (χ2n) is 7.36. The maximum absolute atomic E-state index is 12.3. The molecule has 6 nitrogen and oxygen atoms in total. The van der Waals surface area contributed by atoms with E-state index in [0.29, 0.717) is 24.5 Å². The minimum Gasteiger partial charge on any atom is -0.508 e. The van der Waals surface area contributed by atoms with Crippen LogP contribution in [0.5, 0.6) is 17.2 Å². The first-order valence-corrected chi connectivity index (χ1v) is 10.1. The smallest absolute Gasteiger partial charge is 0.240 e. The largest absolute Gasteiger partial charge is 0.508 e. The Hall–Kier alpha value is -3.80. The molecule has 4 rings (SSSR count). The Morgan fingerprint density at radius 3 is 2.48 bits per heavy atom. The highest BCUT2D eigenvalue weighted by Crippen LogP contribution is 2.37. The first-order chi connectivity index (χ1) is 15.0. The number of nitrogens with zero attached hydrogens (tertiary/aromatic N) is 2. The molecule has 1 unspecified atom stereocenters. The Bertz CT molecular complexity index is 1090. The number of hydrogen-bond acceptors (Lipinski definition) is 5. The summed E-state index contributed by atoms with van der Waals surface area (Å²) in [5.41, 5.74) is 3.65. The van der Waals surface area contributed by atoms with Crippen LogP contribution in [0, 0.1) is 0 Å². The topological polar surface area (TPSA) is 71.4 Å². The minimum atomic E-state index is -0.238. The quantitative estimate of drug-likeness (QED) is 0.634. The molecule has 0 saturated heterocycles. The van der Waals surface area contributed by atoms with Crippen LogP contribution in [0.15, 0.2) is 77.9 Å². The minimum absolute atomic E-state index is 0.137. The van der Waals surface area contributed by atoms with E-state index < -0.39 is 0 Å². The highest BCUT2D eigenvalue weighted by Gasteiger charge is 2.32. The Labute approximate surface area is 181 Å². The summed E-state index contributed by atoms with van der Waals surface area (Å²) >= 11 is 0. The van der Waals surface area contributed by atoms with Gasteiger partial charge in [0.1, 0.15) is 12.4 Å². The molecule has 1 heterocycles. The van der Waals surface area contributed by atoms with E-state index >= 15 is 0 Å². The molecule has 0 radical (unpaired) electrons. The third kappa shape index (κ3) is 4.53. The molecule has 6 heteroatoms. The fraction of sp³-hybridized carbons (Fsp3) is 0.200. The van der Waals surface area contributed by atoms with Gasteiger partial charge in [0, 0.05) is 13.3 Å². The van der Waals surface area contributed by atoms with Crippen LogP contribution in [0.3, 0.4) is 0 Å². The van der Waals surface area contributed by atoms with E-state index in [0.717, 1.165) is 22.4 Å². The zero-order valence-corrected chi connectivity index (χ0v) is 17.5.